The first-order valence-electron chi connectivity index (χ1n) is 6.99. The fraction of sp³-hybridized carbons (Fsp3) is 0.714. The van der Waals surface area contributed by atoms with Gasteiger partial charge in [0.05, 0.1) is 0 Å². The quantitative estimate of drug-likeness (QED) is 0.836. The smallest absolute Gasteiger partial charge is 0.134 e. The highest BCUT2D eigenvalue weighted by atomic mass is 35.5. The van der Waals surface area contributed by atoms with Gasteiger partial charge in [0.15, 0.2) is 0 Å². The molecular weight excluding hydrogens is 246 g/mol. The molecule has 0 aliphatic heterocycles. The van der Waals surface area contributed by atoms with Crippen molar-refractivity contribution in [3.63, 3.8) is 0 Å². The van der Waals surface area contributed by atoms with Crippen molar-refractivity contribution in [3.8, 4) is 0 Å². The van der Waals surface area contributed by atoms with Crippen LogP contribution in [0.15, 0.2) is 6.07 Å². The summed E-state index contributed by atoms with van der Waals surface area (Å²) >= 11 is 6.05. The molecule has 18 heavy (non-hydrogen) atoms. The van der Waals surface area contributed by atoms with Gasteiger partial charge in [-0.3, -0.25) is 0 Å². The molecule has 0 aromatic carbocycles. The lowest BCUT2D eigenvalue weighted by Gasteiger charge is -2.30. The Kier molecular flexibility index (Phi) is 4.81. The van der Waals surface area contributed by atoms with Crippen LogP contribution in [0.3, 0.4) is 0 Å². The van der Waals surface area contributed by atoms with Gasteiger partial charge in [0, 0.05) is 18.5 Å². The molecule has 2 atom stereocenters. The molecule has 1 saturated carbocycles. The Hall–Kier alpha value is -0.830. The Labute approximate surface area is 114 Å². The molecule has 0 saturated heterocycles. The topological polar surface area (TPSA) is 37.8 Å². The first-order chi connectivity index (χ1) is 8.69. The molecule has 3 nitrogen and oxygen atoms in total. The largest absolute Gasteiger partial charge is 0.367 e. The molecule has 0 amide bonds. The van der Waals surface area contributed by atoms with E-state index < -0.39 is 0 Å². The van der Waals surface area contributed by atoms with Crippen LogP contribution in [0.5, 0.6) is 0 Å². The second-order valence-electron chi connectivity index (χ2n) is 5.25. The normalized spacial score (nSPS) is 23.9. The second kappa shape index (κ2) is 6.37. The average molecular weight is 268 g/mol. The molecule has 1 fully saturated rings. The highest BCUT2D eigenvalue weighted by Gasteiger charge is 2.21. The van der Waals surface area contributed by atoms with E-state index in [1.54, 1.807) is 0 Å². The summed E-state index contributed by atoms with van der Waals surface area (Å²) in [7, 11) is 0. The monoisotopic (exact) mass is 267 g/mol. The molecule has 1 N–H and O–H groups in total. The average Bonchev–Trinajstić information content (AvgIpc) is 2.32. The van der Waals surface area contributed by atoms with Gasteiger partial charge in [-0.15, -0.1) is 0 Å². The SMILES string of the molecule is CCCc1nc(Cl)cc(NC2CCCCC2C)n1. The van der Waals surface area contributed by atoms with E-state index in [0.717, 1.165) is 24.5 Å². The van der Waals surface area contributed by atoms with Crippen LogP contribution in [-0.4, -0.2) is 16.0 Å². The van der Waals surface area contributed by atoms with Crippen molar-refractivity contribution in [2.45, 2.75) is 58.4 Å². The van der Waals surface area contributed by atoms with Crippen LogP contribution in [0.25, 0.3) is 0 Å². The summed E-state index contributed by atoms with van der Waals surface area (Å²) in [4.78, 5) is 8.80. The molecule has 100 valence electrons. The standard InChI is InChI=1S/C14H22ClN3/c1-3-6-13-17-12(15)9-14(18-13)16-11-8-5-4-7-10(11)2/h9-11H,3-8H2,1-2H3,(H,16,17,18). The number of nitrogens with one attached hydrogen (secondary N) is 1. The van der Waals surface area contributed by atoms with Crippen molar-refractivity contribution < 1.29 is 0 Å². The van der Waals surface area contributed by atoms with Crippen LogP contribution in [0.1, 0.15) is 51.8 Å². The van der Waals surface area contributed by atoms with Gasteiger partial charge in [-0.25, -0.2) is 9.97 Å². The van der Waals surface area contributed by atoms with Gasteiger partial charge in [-0.1, -0.05) is 38.3 Å². The van der Waals surface area contributed by atoms with E-state index in [0.29, 0.717) is 17.1 Å². The first kappa shape index (κ1) is 13.6. The van der Waals surface area contributed by atoms with Crippen LogP contribution in [0, 0.1) is 5.92 Å². The lowest BCUT2D eigenvalue weighted by Crippen LogP contribution is -2.30. The van der Waals surface area contributed by atoms with Crippen LogP contribution in [-0.2, 0) is 6.42 Å². The van der Waals surface area contributed by atoms with Crippen molar-refractivity contribution in [3.05, 3.63) is 17.0 Å². The number of hydrogen-bond donors (Lipinski definition) is 1. The van der Waals surface area contributed by atoms with Gasteiger partial charge in [-0.05, 0) is 25.2 Å². The van der Waals surface area contributed by atoms with Crippen molar-refractivity contribution >= 4 is 17.4 Å². The molecule has 4 heteroatoms. The molecule has 1 aliphatic rings. The van der Waals surface area contributed by atoms with E-state index in [4.69, 9.17) is 11.6 Å². The molecule has 0 spiro atoms. The number of hydrogen-bond acceptors (Lipinski definition) is 3. The predicted molar refractivity (Wildman–Crippen MR) is 76.1 cm³/mol. The molecular formula is C14H22ClN3. The molecule has 1 aromatic heterocycles. The minimum atomic E-state index is 0.527. The van der Waals surface area contributed by atoms with Crippen molar-refractivity contribution in [2.24, 2.45) is 5.92 Å². The van der Waals surface area contributed by atoms with E-state index in [1.807, 2.05) is 6.07 Å². The Morgan fingerprint density at radius 1 is 1.33 bits per heavy atom. The molecule has 0 radical (unpaired) electrons. The lowest BCUT2D eigenvalue weighted by atomic mass is 9.86. The summed E-state index contributed by atoms with van der Waals surface area (Å²) in [6, 6.07) is 2.36. The fourth-order valence-electron chi connectivity index (χ4n) is 2.59. The zero-order valence-electron chi connectivity index (χ0n) is 11.2. The summed E-state index contributed by atoms with van der Waals surface area (Å²) in [5.41, 5.74) is 0. The van der Waals surface area contributed by atoms with Crippen LogP contribution < -0.4 is 5.32 Å². The van der Waals surface area contributed by atoms with E-state index in [1.165, 1.54) is 25.7 Å². The van der Waals surface area contributed by atoms with Crippen molar-refractivity contribution in [1.82, 2.24) is 9.97 Å². The summed E-state index contributed by atoms with van der Waals surface area (Å²) < 4.78 is 0. The summed E-state index contributed by atoms with van der Waals surface area (Å²) in [5.74, 6) is 2.44. The van der Waals surface area contributed by atoms with E-state index in [-0.39, 0.29) is 0 Å². The highest BCUT2D eigenvalue weighted by Crippen LogP contribution is 2.26. The van der Waals surface area contributed by atoms with E-state index >= 15 is 0 Å². The summed E-state index contributed by atoms with van der Waals surface area (Å²) in [6.45, 7) is 4.44. The van der Waals surface area contributed by atoms with Crippen molar-refractivity contribution in [2.75, 3.05) is 5.32 Å². The minimum Gasteiger partial charge on any atom is -0.367 e. The third-order valence-corrected chi connectivity index (χ3v) is 3.85. The number of aromatic nitrogens is 2. The summed E-state index contributed by atoms with van der Waals surface area (Å²) in [6.07, 6.45) is 7.12. The molecule has 1 aromatic rings. The van der Waals surface area contributed by atoms with E-state index in [9.17, 15) is 0 Å². The number of nitrogens with zero attached hydrogens (tertiary/aromatic N) is 2. The summed E-state index contributed by atoms with van der Waals surface area (Å²) in [5, 5.41) is 4.08. The Bertz CT molecular complexity index is 395. The molecule has 1 heterocycles. The van der Waals surface area contributed by atoms with Gasteiger partial charge in [-0.2, -0.15) is 0 Å². The van der Waals surface area contributed by atoms with Crippen LogP contribution >= 0.6 is 11.6 Å². The fourth-order valence-corrected chi connectivity index (χ4v) is 2.80. The van der Waals surface area contributed by atoms with Crippen LogP contribution in [0.4, 0.5) is 5.82 Å². The highest BCUT2D eigenvalue weighted by molar-refractivity contribution is 6.29. The minimum absolute atomic E-state index is 0.527. The number of rotatable bonds is 4. The maximum atomic E-state index is 6.05. The predicted octanol–water partition coefficient (Wildman–Crippen LogP) is 4.07. The van der Waals surface area contributed by atoms with Gasteiger partial charge in [0.25, 0.3) is 0 Å². The maximum absolute atomic E-state index is 6.05. The third-order valence-electron chi connectivity index (χ3n) is 3.66. The van der Waals surface area contributed by atoms with Crippen LogP contribution in [0.2, 0.25) is 5.15 Å². The van der Waals surface area contributed by atoms with Gasteiger partial charge >= 0.3 is 0 Å². The molecule has 0 bridgehead atoms. The van der Waals surface area contributed by atoms with E-state index in [2.05, 4.69) is 29.1 Å². The Morgan fingerprint density at radius 2 is 2.11 bits per heavy atom. The number of anilines is 1. The first-order valence-corrected chi connectivity index (χ1v) is 7.37. The zero-order valence-corrected chi connectivity index (χ0v) is 12.0. The third kappa shape index (κ3) is 3.58. The number of halogens is 1. The van der Waals surface area contributed by atoms with Gasteiger partial charge < -0.3 is 5.32 Å². The molecule has 2 rings (SSSR count). The maximum Gasteiger partial charge on any atom is 0.134 e. The molecule has 1 aliphatic carbocycles. The molecule has 2 unspecified atom stereocenters. The van der Waals surface area contributed by atoms with Gasteiger partial charge in [0.1, 0.15) is 16.8 Å². The Balaban J connectivity index is 2.07. The second-order valence-corrected chi connectivity index (χ2v) is 5.64. The zero-order chi connectivity index (χ0) is 13.0. The van der Waals surface area contributed by atoms with Crippen molar-refractivity contribution in [1.29, 1.82) is 0 Å². The Morgan fingerprint density at radius 3 is 2.83 bits per heavy atom. The van der Waals surface area contributed by atoms with Gasteiger partial charge in [0.2, 0.25) is 0 Å². The lowest BCUT2D eigenvalue weighted by molar-refractivity contribution is 0.349. The number of aryl methyl sites for hydroxylation is 1.